The van der Waals surface area contributed by atoms with Crippen LogP contribution < -0.4 is 5.32 Å². The Morgan fingerprint density at radius 2 is 1.13 bits per heavy atom. The first-order chi connectivity index (χ1) is 25.5. The number of thiophene rings is 1. The molecule has 2 N–H and O–H groups in total. The third kappa shape index (κ3) is 7.18. The molecule has 256 valence electrons. The zero-order chi connectivity index (χ0) is 35.8. The smallest absolute Gasteiger partial charge is 0.360 e. The summed E-state index contributed by atoms with van der Waals surface area (Å²) in [5, 5.41) is 24.0. The second-order valence-electron chi connectivity index (χ2n) is 12.0. The van der Waals surface area contributed by atoms with Crippen LogP contribution in [0.2, 0.25) is 0 Å². The number of rotatable bonds is 14. The zero-order valence-electron chi connectivity index (χ0n) is 27.8. The van der Waals surface area contributed by atoms with E-state index < -0.39 is 29.2 Å². The lowest BCUT2D eigenvalue weighted by atomic mass is 9.77. The number of ketones is 1. The molecule has 0 amide bonds. The molecule has 0 aliphatic carbocycles. The van der Waals surface area contributed by atoms with Gasteiger partial charge < -0.3 is 15.3 Å². The van der Waals surface area contributed by atoms with Crippen LogP contribution in [0, 0.1) is 0 Å². The van der Waals surface area contributed by atoms with E-state index in [0.717, 1.165) is 27.8 Å². The fourth-order valence-corrected chi connectivity index (χ4v) is 7.77. The predicted molar refractivity (Wildman–Crippen MR) is 207 cm³/mol. The number of benzene rings is 5. The van der Waals surface area contributed by atoms with Crippen LogP contribution in [0.4, 0.5) is 5.13 Å². The summed E-state index contributed by atoms with van der Waals surface area (Å²) >= 11 is 2.67. The summed E-state index contributed by atoms with van der Waals surface area (Å²) in [4.78, 5) is 37.9. The molecule has 2 aromatic heterocycles. The highest BCUT2D eigenvalue weighted by Gasteiger charge is 2.38. The van der Waals surface area contributed by atoms with Crippen molar-refractivity contribution >= 4 is 45.3 Å². The summed E-state index contributed by atoms with van der Waals surface area (Å²) in [6.45, 7) is 0. The Balaban J connectivity index is 1.26. The molecule has 7 aromatic rings. The van der Waals surface area contributed by atoms with Crippen LogP contribution in [-0.4, -0.2) is 27.6 Å². The molecule has 0 radical (unpaired) electrons. The third-order valence-electron chi connectivity index (χ3n) is 8.77. The number of thiazole rings is 1. The maximum absolute atomic E-state index is 14.5. The number of carboxylic acids is 1. The van der Waals surface area contributed by atoms with Crippen molar-refractivity contribution in [1.82, 2.24) is 4.98 Å². The van der Waals surface area contributed by atoms with Gasteiger partial charge >= 0.3 is 5.97 Å². The van der Waals surface area contributed by atoms with Crippen molar-refractivity contribution < 1.29 is 19.5 Å². The van der Waals surface area contributed by atoms with Gasteiger partial charge in [0.05, 0.1) is 5.92 Å². The SMILES string of the molecule is O=C(O)C(=NOC(C(=O)C(c1ccccc1)c1ccccc1)c1ccsc1)c1csc(NC(c2ccccc2)(c2ccccc2)c2ccccc2)n1. The number of nitrogens with zero attached hydrogens (tertiary/aromatic N) is 2. The van der Waals surface area contributed by atoms with E-state index in [-0.39, 0.29) is 11.5 Å². The predicted octanol–water partition coefficient (Wildman–Crippen LogP) is 9.56. The average molecular weight is 720 g/mol. The lowest BCUT2D eigenvalue weighted by Crippen LogP contribution is -2.38. The number of carboxylic acid groups (broad SMARTS) is 1. The van der Waals surface area contributed by atoms with E-state index in [1.807, 2.05) is 126 Å². The molecule has 7 rings (SSSR count). The molecule has 0 saturated heterocycles. The minimum Gasteiger partial charge on any atom is -0.476 e. The Hall–Kier alpha value is -6.16. The topological polar surface area (TPSA) is 101 Å². The molecule has 0 aliphatic heterocycles. The Morgan fingerprint density at radius 1 is 0.654 bits per heavy atom. The summed E-state index contributed by atoms with van der Waals surface area (Å²) in [6, 6.07) is 50.9. The number of aliphatic carboxylic acids is 1. The first-order valence-electron chi connectivity index (χ1n) is 16.6. The minimum atomic E-state index is -1.34. The third-order valence-corrected chi connectivity index (χ3v) is 10.2. The number of hydrogen-bond donors (Lipinski definition) is 2. The summed E-state index contributed by atoms with van der Waals surface area (Å²) in [5.41, 5.74) is 3.91. The Kier molecular flexibility index (Phi) is 10.4. The van der Waals surface area contributed by atoms with Gasteiger partial charge in [-0.3, -0.25) is 4.79 Å². The monoisotopic (exact) mass is 719 g/mol. The maximum Gasteiger partial charge on any atom is 0.360 e. The normalized spacial score (nSPS) is 12.3. The van der Waals surface area contributed by atoms with Crippen molar-refractivity contribution in [3.05, 3.63) is 213 Å². The van der Waals surface area contributed by atoms with Gasteiger partial charge in [-0.1, -0.05) is 157 Å². The zero-order valence-corrected chi connectivity index (χ0v) is 29.4. The highest BCUT2D eigenvalue weighted by molar-refractivity contribution is 7.14. The Morgan fingerprint density at radius 3 is 1.58 bits per heavy atom. The molecular formula is C43H33N3O4S2. The Labute approximate surface area is 309 Å². The van der Waals surface area contributed by atoms with Gasteiger partial charge in [0.15, 0.2) is 10.9 Å². The van der Waals surface area contributed by atoms with Gasteiger partial charge in [-0.25, -0.2) is 9.78 Å². The van der Waals surface area contributed by atoms with Crippen molar-refractivity contribution in [2.75, 3.05) is 5.32 Å². The molecule has 52 heavy (non-hydrogen) atoms. The molecule has 1 atom stereocenters. The van der Waals surface area contributed by atoms with Crippen LogP contribution in [0.25, 0.3) is 0 Å². The number of nitrogens with one attached hydrogen (secondary N) is 1. The van der Waals surface area contributed by atoms with E-state index in [0.29, 0.717) is 10.7 Å². The molecule has 7 nitrogen and oxygen atoms in total. The van der Waals surface area contributed by atoms with E-state index in [4.69, 9.17) is 9.82 Å². The number of carbonyl (C=O) groups excluding carboxylic acids is 1. The molecule has 0 spiro atoms. The van der Waals surface area contributed by atoms with Gasteiger partial charge in [0, 0.05) is 10.9 Å². The van der Waals surface area contributed by atoms with Crippen LogP contribution in [0.5, 0.6) is 0 Å². The van der Waals surface area contributed by atoms with Gasteiger partial charge in [0.25, 0.3) is 0 Å². The molecule has 2 heterocycles. The van der Waals surface area contributed by atoms with Gasteiger partial charge in [0.2, 0.25) is 11.8 Å². The van der Waals surface area contributed by atoms with E-state index in [2.05, 4.69) is 46.9 Å². The van der Waals surface area contributed by atoms with E-state index in [1.165, 1.54) is 22.7 Å². The average Bonchev–Trinajstić information content (AvgIpc) is 3.91. The van der Waals surface area contributed by atoms with Crippen molar-refractivity contribution in [2.24, 2.45) is 5.16 Å². The van der Waals surface area contributed by atoms with Crippen LogP contribution in [0.3, 0.4) is 0 Å². The molecular weight excluding hydrogens is 687 g/mol. The molecule has 1 unspecified atom stereocenters. The van der Waals surface area contributed by atoms with Crippen LogP contribution in [0.15, 0.2) is 179 Å². The fourth-order valence-electron chi connectivity index (χ4n) is 6.35. The maximum atomic E-state index is 14.5. The second kappa shape index (κ2) is 15.8. The summed E-state index contributed by atoms with van der Waals surface area (Å²) in [6.07, 6.45) is -1.18. The number of oxime groups is 1. The largest absolute Gasteiger partial charge is 0.476 e. The summed E-state index contributed by atoms with van der Waals surface area (Å²) in [7, 11) is 0. The number of anilines is 1. The van der Waals surface area contributed by atoms with Crippen molar-refractivity contribution in [3.63, 3.8) is 0 Å². The summed E-state index contributed by atoms with van der Waals surface area (Å²) in [5.74, 6) is -2.28. The Bertz CT molecular complexity index is 2110. The standard InChI is InChI=1S/C43H33N3O4S2/c47-39(37(30-16-6-1-7-17-30)31-18-8-2-9-19-31)40(32-26-27-51-28-32)50-46-38(41(48)49)36-29-52-42(44-36)45-43(33-20-10-3-11-21-33,34-22-12-4-13-23-34)35-24-14-5-15-25-35/h1-29,37,40H,(H,44,45)(H,48,49). The molecule has 0 fully saturated rings. The van der Waals surface area contributed by atoms with Crippen LogP contribution in [-0.2, 0) is 20.0 Å². The van der Waals surface area contributed by atoms with Crippen molar-refractivity contribution in [2.45, 2.75) is 17.6 Å². The number of aromatic nitrogens is 1. The molecule has 9 heteroatoms. The van der Waals surface area contributed by atoms with Crippen molar-refractivity contribution in [1.29, 1.82) is 0 Å². The van der Waals surface area contributed by atoms with Crippen molar-refractivity contribution in [3.8, 4) is 0 Å². The molecule has 0 saturated carbocycles. The van der Waals surface area contributed by atoms with Gasteiger partial charge in [-0.05, 0) is 44.6 Å². The number of carbonyl (C=O) groups is 2. The highest BCUT2D eigenvalue weighted by atomic mass is 32.1. The lowest BCUT2D eigenvalue weighted by molar-refractivity contribution is -0.133. The minimum absolute atomic E-state index is 0.0993. The van der Waals surface area contributed by atoms with Crippen LogP contribution in [0.1, 0.15) is 51.1 Å². The molecule has 0 bridgehead atoms. The second-order valence-corrected chi connectivity index (χ2v) is 13.6. The molecule has 0 aliphatic rings. The highest BCUT2D eigenvalue weighted by Crippen LogP contribution is 2.41. The summed E-state index contributed by atoms with van der Waals surface area (Å²) < 4.78 is 0. The van der Waals surface area contributed by atoms with Gasteiger partial charge in [-0.2, -0.15) is 11.3 Å². The van der Waals surface area contributed by atoms with Crippen LogP contribution >= 0.6 is 22.7 Å². The fraction of sp³-hybridized carbons (Fsp3) is 0.0698. The first-order valence-corrected chi connectivity index (χ1v) is 18.4. The first kappa shape index (κ1) is 34.3. The van der Waals surface area contributed by atoms with E-state index in [9.17, 15) is 14.7 Å². The van der Waals surface area contributed by atoms with Gasteiger partial charge in [0.1, 0.15) is 11.2 Å². The van der Waals surface area contributed by atoms with E-state index >= 15 is 0 Å². The quantitative estimate of drug-likeness (QED) is 0.0660. The van der Waals surface area contributed by atoms with E-state index in [1.54, 1.807) is 11.4 Å². The lowest BCUT2D eigenvalue weighted by Gasteiger charge is -2.36. The number of Topliss-reactive ketones (excluding diaryl/α,β-unsaturated/α-hetero) is 1. The van der Waals surface area contributed by atoms with Gasteiger partial charge in [-0.15, -0.1) is 11.3 Å². The molecule has 5 aromatic carbocycles. The number of hydrogen-bond acceptors (Lipinski definition) is 8.